The maximum absolute atomic E-state index is 11.1. The molecule has 100 valence electrons. The zero-order valence-corrected chi connectivity index (χ0v) is 11.1. The minimum absolute atomic E-state index is 0.00623. The van der Waals surface area contributed by atoms with Gasteiger partial charge in [-0.05, 0) is 18.2 Å². The zero-order valence-electron chi connectivity index (χ0n) is 11.1. The molecule has 0 aliphatic carbocycles. The Morgan fingerprint density at radius 1 is 1.26 bits per heavy atom. The molecule has 0 radical (unpaired) electrons. The van der Waals surface area contributed by atoms with Crippen LogP contribution in [0.1, 0.15) is 37.0 Å². The molecule has 0 fully saturated rings. The summed E-state index contributed by atoms with van der Waals surface area (Å²) in [4.78, 5) is 11.1. The molecule has 0 spiro atoms. The largest absolute Gasteiger partial charge is 0.508 e. The van der Waals surface area contributed by atoms with Gasteiger partial charge in [0, 0.05) is 11.5 Å². The van der Waals surface area contributed by atoms with Gasteiger partial charge >= 0.3 is 5.97 Å². The first-order valence-electron chi connectivity index (χ1n) is 5.92. The first-order chi connectivity index (χ1) is 8.79. The Morgan fingerprint density at radius 2 is 1.95 bits per heavy atom. The van der Waals surface area contributed by atoms with Crippen LogP contribution in [-0.2, 0) is 5.41 Å². The molecule has 0 saturated carbocycles. The highest BCUT2D eigenvalue weighted by Crippen LogP contribution is 2.27. The molecule has 1 heterocycles. The van der Waals surface area contributed by atoms with Crippen LogP contribution in [0.15, 0.2) is 30.3 Å². The van der Waals surface area contributed by atoms with Gasteiger partial charge in [0.25, 0.3) is 0 Å². The van der Waals surface area contributed by atoms with E-state index in [4.69, 9.17) is 5.11 Å². The highest BCUT2D eigenvalue weighted by molar-refractivity contribution is 5.85. The number of hydrogen-bond donors (Lipinski definition) is 2. The van der Waals surface area contributed by atoms with E-state index in [-0.39, 0.29) is 16.9 Å². The fourth-order valence-corrected chi connectivity index (χ4v) is 1.84. The number of nitrogens with zero attached hydrogens (tertiary/aromatic N) is 2. The summed E-state index contributed by atoms with van der Waals surface area (Å²) < 4.78 is 1.56. The number of phenolic OH excluding ortho intramolecular Hbond substituents is 1. The second-order valence-corrected chi connectivity index (χ2v) is 5.40. The Balaban J connectivity index is 2.64. The second-order valence-electron chi connectivity index (χ2n) is 5.40. The molecule has 0 saturated heterocycles. The third-order valence-corrected chi connectivity index (χ3v) is 2.77. The van der Waals surface area contributed by atoms with Crippen molar-refractivity contribution in [1.82, 2.24) is 9.78 Å². The fraction of sp³-hybridized carbons (Fsp3) is 0.286. The van der Waals surface area contributed by atoms with Gasteiger partial charge in [0.1, 0.15) is 5.75 Å². The molecule has 2 N–H and O–H groups in total. The first-order valence-corrected chi connectivity index (χ1v) is 5.92. The van der Waals surface area contributed by atoms with Crippen LogP contribution in [0.3, 0.4) is 0 Å². The number of hydrogen-bond acceptors (Lipinski definition) is 3. The normalized spacial score (nSPS) is 11.5. The standard InChI is InChI=1S/C14H16N2O3/c1-14(2,3)12-8-11(13(18)19)15-16(12)9-5-4-6-10(17)7-9/h4-8,17H,1-3H3,(H,18,19). The summed E-state index contributed by atoms with van der Waals surface area (Å²) in [6.45, 7) is 5.94. The Labute approximate surface area is 111 Å². The van der Waals surface area contributed by atoms with Gasteiger partial charge < -0.3 is 10.2 Å². The smallest absolute Gasteiger partial charge is 0.356 e. The van der Waals surface area contributed by atoms with E-state index in [0.717, 1.165) is 5.69 Å². The van der Waals surface area contributed by atoms with Crippen molar-refractivity contribution in [2.75, 3.05) is 0 Å². The van der Waals surface area contributed by atoms with E-state index in [1.807, 2.05) is 20.8 Å². The number of rotatable bonds is 2. The molecule has 1 aromatic heterocycles. The molecule has 2 rings (SSSR count). The molecule has 0 unspecified atom stereocenters. The summed E-state index contributed by atoms with van der Waals surface area (Å²) in [7, 11) is 0. The Hall–Kier alpha value is -2.30. The van der Waals surface area contributed by atoms with Crippen molar-refractivity contribution in [1.29, 1.82) is 0 Å². The number of aromatic hydroxyl groups is 1. The van der Waals surface area contributed by atoms with Gasteiger partial charge in [-0.15, -0.1) is 0 Å². The second kappa shape index (κ2) is 4.42. The number of carboxylic acids is 1. The summed E-state index contributed by atoms with van der Waals surface area (Å²) in [5.41, 5.74) is 1.15. The van der Waals surface area contributed by atoms with Crippen molar-refractivity contribution in [3.63, 3.8) is 0 Å². The quantitative estimate of drug-likeness (QED) is 0.870. The maximum Gasteiger partial charge on any atom is 0.356 e. The van der Waals surface area contributed by atoms with Crippen molar-refractivity contribution < 1.29 is 15.0 Å². The summed E-state index contributed by atoms with van der Waals surface area (Å²) in [6, 6.07) is 8.13. The molecule has 19 heavy (non-hydrogen) atoms. The third-order valence-electron chi connectivity index (χ3n) is 2.77. The summed E-state index contributed by atoms with van der Waals surface area (Å²) in [5.74, 6) is -0.950. The molecule has 1 aromatic carbocycles. The lowest BCUT2D eigenvalue weighted by molar-refractivity contribution is 0.0690. The molecule has 0 aliphatic rings. The Morgan fingerprint density at radius 3 is 2.47 bits per heavy atom. The van der Waals surface area contributed by atoms with E-state index in [9.17, 15) is 9.90 Å². The minimum atomic E-state index is -1.07. The number of aromatic carboxylic acids is 1. The van der Waals surface area contributed by atoms with Crippen LogP contribution in [0, 0.1) is 0 Å². The molecule has 0 aliphatic heterocycles. The van der Waals surface area contributed by atoms with E-state index in [1.54, 1.807) is 35.0 Å². The van der Waals surface area contributed by atoms with Crippen LogP contribution in [0.2, 0.25) is 0 Å². The highest BCUT2D eigenvalue weighted by Gasteiger charge is 2.24. The monoisotopic (exact) mass is 260 g/mol. The number of aromatic nitrogens is 2. The van der Waals surface area contributed by atoms with E-state index in [0.29, 0.717) is 5.69 Å². The molecule has 5 heteroatoms. The van der Waals surface area contributed by atoms with Crippen molar-refractivity contribution in [2.24, 2.45) is 0 Å². The summed E-state index contributed by atoms with van der Waals surface area (Å²) in [5, 5.41) is 22.7. The topological polar surface area (TPSA) is 75.3 Å². The van der Waals surface area contributed by atoms with Crippen molar-refractivity contribution >= 4 is 5.97 Å². The van der Waals surface area contributed by atoms with Crippen LogP contribution in [0.25, 0.3) is 5.69 Å². The number of carboxylic acid groups (broad SMARTS) is 1. The lowest BCUT2D eigenvalue weighted by Crippen LogP contribution is -2.17. The van der Waals surface area contributed by atoms with Crippen LogP contribution >= 0.6 is 0 Å². The lowest BCUT2D eigenvalue weighted by atomic mass is 9.91. The SMILES string of the molecule is CC(C)(C)c1cc(C(=O)O)nn1-c1cccc(O)c1. The van der Waals surface area contributed by atoms with Gasteiger partial charge in [0.2, 0.25) is 0 Å². The van der Waals surface area contributed by atoms with Gasteiger partial charge in [-0.25, -0.2) is 9.48 Å². The molecular weight excluding hydrogens is 244 g/mol. The van der Waals surface area contributed by atoms with E-state index in [2.05, 4.69) is 5.10 Å². The van der Waals surface area contributed by atoms with Crippen molar-refractivity contribution in [3.05, 3.63) is 41.7 Å². The molecule has 0 amide bonds. The van der Waals surface area contributed by atoms with E-state index < -0.39 is 5.97 Å². The van der Waals surface area contributed by atoms with Gasteiger partial charge in [-0.2, -0.15) is 5.10 Å². The summed E-state index contributed by atoms with van der Waals surface area (Å²) in [6.07, 6.45) is 0. The minimum Gasteiger partial charge on any atom is -0.508 e. The van der Waals surface area contributed by atoms with Crippen molar-refractivity contribution in [3.8, 4) is 11.4 Å². The zero-order chi connectivity index (χ0) is 14.2. The number of phenols is 1. The summed E-state index contributed by atoms with van der Waals surface area (Å²) >= 11 is 0. The Kier molecular flexibility index (Phi) is 3.06. The van der Waals surface area contributed by atoms with Gasteiger partial charge in [0.15, 0.2) is 5.69 Å². The molecular formula is C14H16N2O3. The Bertz CT molecular complexity index is 624. The number of carbonyl (C=O) groups is 1. The van der Waals surface area contributed by atoms with Gasteiger partial charge in [-0.1, -0.05) is 26.8 Å². The van der Waals surface area contributed by atoms with Crippen molar-refractivity contribution in [2.45, 2.75) is 26.2 Å². The van der Waals surface area contributed by atoms with Gasteiger partial charge in [-0.3, -0.25) is 0 Å². The molecule has 0 atom stereocenters. The van der Waals surface area contributed by atoms with E-state index in [1.165, 1.54) is 0 Å². The molecule has 5 nitrogen and oxygen atoms in total. The fourth-order valence-electron chi connectivity index (χ4n) is 1.84. The lowest BCUT2D eigenvalue weighted by Gasteiger charge is -2.20. The predicted molar refractivity (Wildman–Crippen MR) is 70.9 cm³/mol. The van der Waals surface area contributed by atoms with E-state index >= 15 is 0 Å². The molecule has 0 bridgehead atoms. The first kappa shape index (κ1) is 13.1. The van der Waals surface area contributed by atoms with Crippen LogP contribution in [0.5, 0.6) is 5.75 Å². The van der Waals surface area contributed by atoms with Gasteiger partial charge in [0.05, 0.1) is 11.4 Å². The average Bonchev–Trinajstić information content (AvgIpc) is 2.73. The van der Waals surface area contributed by atoms with Crippen LogP contribution in [-0.4, -0.2) is 26.0 Å². The highest BCUT2D eigenvalue weighted by atomic mass is 16.4. The number of benzene rings is 1. The van der Waals surface area contributed by atoms with Crippen LogP contribution < -0.4 is 0 Å². The predicted octanol–water partition coefficient (Wildman–Crippen LogP) is 2.57. The third kappa shape index (κ3) is 2.59. The van der Waals surface area contributed by atoms with Crippen LogP contribution in [0.4, 0.5) is 0 Å². The maximum atomic E-state index is 11.1. The molecule has 2 aromatic rings. The average molecular weight is 260 g/mol.